The fourth-order valence-corrected chi connectivity index (χ4v) is 3.38. The molecule has 1 aliphatic heterocycles. The van der Waals surface area contributed by atoms with Crippen molar-refractivity contribution in [3.63, 3.8) is 0 Å². The van der Waals surface area contributed by atoms with Crippen molar-refractivity contribution in [2.24, 2.45) is 5.92 Å². The topological polar surface area (TPSA) is 57.6 Å². The third-order valence-corrected chi connectivity index (χ3v) is 4.46. The van der Waals surface area contributed by atoms with Gasteiger partial charge in [-0.3, -0.25) is 9.59 Å². The van der Waals surface area contributed by atoms with E-state index in [4.69, 9.17) is 0 Å². The van der Waals surface area contributed by atoms with Crippen molar-refractivity contribution in [1.82, 2.24) is 4.90 Å². The second-order valence-electron chi connectivity index (χ2n) is 5.34. The molecule has 1 heterocycles. The summed E-state index contributed by atoms with van der Waals surface area (Å²) in [5.74, 6) is -1.38. The van der Waals surface area contributed by atoms with Gasteiger partial charge >= 0.3 is 5.97 Å². The van der Waals surface area contributed by atoms with Crippen LogP contribution in [0.3, 0.4) is 0 Å². The normalized spacial score (nSPS) is 23.2. The minimum atomic E-state index is -0.844. The molecule has 0 aromatic heterocycles. The Morgan fingerprint density at radius 3 is 2.60 bits per heavy atom. The van der Waals surface area contributed by atoms with Crippen LogP contribution in [0.2, 0.25) is 0 Å². The summed E-state index contributed by atoms with van der Waals surface area (Å²) in [5.41, 5.74) is 0.863. The van der Waals surface area contributed by atoms with E-state index >= 15 is 0 Å². The van der Waals surface area contributed by atoms with Crippen LogP contribution in [0.5, 0.6) is 0 Å². The number of likely N-dealkylation sites (tertiary alicyclic amines) is 1. The highest BCUT2D eigenvalue weighted by Crippen LogP contribution is 2.40. The molecular formula is C15H18BrNO3. The first-order valence-corrected chi connectivity index (χ1v) is 7.51. The van der Waals surface area contributed by atoms with Gasteiger partial charge in [0.2, 0.25) is 5.91 Å². The zero-order valence-corrected chi connectivity index (χ0v) is 13.1. The maximum atomic E-state index is 12.2. The smallest absolute Gasteiger partial charge is 0.308 e. The number of hydrogen-bond donors (Lipinski definition) is 1. The number of benzene rings is 1. The zero-order chi connectivity index (χ0) is 14.9. The number of piperidine rings is 1. The Hall–Kier alpha value is -1.36. The first-order chi connectivity index (χ1) is 9.43. The Morgan fingerprint density at radius 2 is 2.05 bits per heavy atom. The molecule has 4 nitrogen and oxygen atoms in total. The molecule has 1 aliphatic rings. The minimum Gasteiger partial charge on any atom is -0.481 e. The summed E-state index contributed by atoms with van der Waals surface area (Å²) in [5, 5.41) is 9.49. The number of aliphatic carboxylic acids is 1. The Kier molecular flexibility index (Phi) is 4.48. The first-order valence-electron chi connectivity index (χ1n) is 6.72. The molecule has 2 atom stereocenters. The van der Waals surface area contributed by atoms with Crippen molar-refractivity contribution in [3.05, 3.63) is 34.3 Å². The van der Waals surface area contributed by atoms with Gasteiger partial charge in [-0.15, -0.1) is 0 Å². The lowest BCUT2D eigenvalue weighted by Crippen LogP contribution is -2.48. The number of amides is 1. The average Bonchev–Trinajstić information content (AvgIpc) is 2.38. The van der Waals surface area contributed by atoms with Gasteiger partial charge in [0.1, 0.15) is 0 Å². The Balaban J connectivity index is 2.52. The summed E-state index contributed by atoms with van der Waals surface area (Å²) in [4.78, 5) is 25.5. The van der Waals surface area contributed by atoms with Crippen LogP contribution in [0.15, 0.2) is 28.7 Å². The number of nitrogens with zero attached hydrogens (tertiary/aromatic N) is 1. The zero-order valence-electron chi connectivity index (χ0n) is 11.5. The number of rotatable bonds is 3. The van der Waals surface area contributed by atoms with E-state index in [1.54, 1.807) is 4.90 Å². The molecule has 2 unspecified atom stereocenters. The molecule has 5 heteroatoms. The lowest BCUT2D eigenvalue weighted by molar-refractivity contribution is -0.153. The summed E-state index contributed by atoms with van der Waals surface area (Å²) >= 11 is 3.47. The summed E-state index contributed by atoms with van der Waals surface area (Å²) in [6, 6.07) is 7.08. The molecule has 1 fully saturated rings. The first kappa shape index (κ1) is 15.0. The van der Waals surface area contributed by atoms with E-state index < -0.39 is 17.9 Å². The number of carbonyl (C=O) groups is 2. The maximum Gasteiger partial charge on any atom is 0.308 e. The van der Waals surface area contributed by atoms with Crippen molar-refractivity contribution >= 4 is 27.8 Å². The van der Waals surface area contributed by atoms with E-state index in [1.807, 2.05) is 38.1 Å². The summed E-state index contributed by atoms with van der Waals surface area (Å²) < 4.78 is 0.844. The van der Waals surface area contributed by atoms with E-state index in [-0.39, 0.29) is 11.9 Å². The highest BCUT2D eigenvalue weighted by molar-refractivity contribution is 9.10. The van der Waals surface area contributed by atoms with Gasteiger partial charge in [-0.2, -0.15) is 0 Å². The van der Waals surface area contributed by atoms with Crippen LogP contribution < -0.4 is 0 Å². The third-order valence-electron chi connectivity index (χ3n) is 3.74. The van der Waals surface area contributed by atoms with Crippen LogP contribution in [-0.4, -0.2) is 27.9 Å². The van der Waals surface area contributed by atoms with Crippen molar-refractivity contribution in [1.29, 1.82) is 0 Å². The number of carboxylic acids is 1. The minimum absolute atomic E-state index is 0.0262. The van der Waals surface area contributed by atoms with E-state index in [9.17, 15) is 14.7 Å². The molecule has 1 aromatic rings. The van der Waals surface area contributed by atoms with E-state index in [1.165, 1.54) is 0 Å². The van der Waals surface area contributed by atoms with Crippen molar-refractivity contribution in [3.8, 4) is 0 Å². The van der Waals surface area contributed by atoms with Crippen molar-refractivity contribution < 1.29 is 14.7 Å². The van der Waals surface area contributed by atoms with Crippen LogP contribution >= 0.6 is 15.9 Å². The molecule has 0 aliphatic carbocycles. The molecule has 1 amide bonds. The van der Waals surface area contributed by atoms with Crippen LogP contribution in [0.4, 0.5) is 0 Å². The van der Waals surface area contributed by atoms with Gasteiger partial charge in [-0.05, 0) is 31.9 Å². The fraction of sp³-hybridized carbons (Fsp3) is 0.467. The maximum absolute atomic E-state index is 12.2. The lowest BCUT2D eigenvalue weighted by atomic mass is 9.83. The van der Waals surface area contributed by atoms with Crippen LogP contribution in [0.25, 0.3) is 0 Å². The summed E-state index contributed by atoms with van der Waals surface area (Å²) in [7, 11) is 0. The fourth-order valence-electron chi connectivity index (χ4n) is 2.86. The van der Waals surface area contributed by atoms with Crippen LogP contribution in [-0.2, 0) is 9.59 Å². The Bertz CT molecular complexity index is 530. The second kappa shape index (κ2) is 5.95. The SMILES string of the molecule is CC(C)N1C(=O)CCC(C(=O)O)C1c1ccccc1Br. The molecule has 1 N–H and O–H groups in total. The quantitative estimate of drug-likeness (QED) is 0.919. The highest BCUT2D eigenvalue weighted by atomic mass is 79.9. The predicted octanol–water partition coefficient (Wildman–Crippen LogP) is 3.22. The van der Waals surface area contributed by atoms with Gasteiger partial charge in [0, 0.05) is 16.9 Å². The van der Waals surface area contributed by atoms with Gasteiger partial charge in [-0.1, -0.05) is 34.1 Å². The largest absolute Gasteiger partial charge is 0.481 e. The summed E-state index contributed by atoms with van der Waals surface area (Å²) in [6.07, 6.45) is 0.694. The van der Waals surface area contributed by atoms with E-state index in [2.05, 4.69) is 15.9 Å². The molecule has 2 rings (SSSR count). The average molecular weight is 340 g/mol. The molecule has 1 saturated heterocycles. The third kappa shape index (κ3) is 2.73. The number of carbonyl (C=O) groups excluding carboxylic acids is 1. The molecule has 20 heavy (non-hydrogen) atoms. The van der Waals surface area contributed by atoms with E-state index in [0.29, 0.717) is 12.8 Å². The van der Waals surface area contributed by atoms with Crippen LogP contribution in [0.1, 0.15) is 38.3 Å². The van der Waals surface area contributed by atoms with Gasteiger partial charge < -0.3 is 10.0 Å². The highest BCUT2D eigenvalue weighted by Gasteiger charge is 2.42. The molecular weight excluding hydrogens is 322 g/mol. The Labute approximate surface area is 126 Å². The second-order valence-corrected chi connectivity index (χ2v) is 6.20. The number of hydrogen-bond acceptors (Lipinski definition) is 2. The monoisotopic (exact) mass is 339 g/mol. The lowest BCUT2D eigenvalue weighted by Gasteiger charge is -2.42. The number of carboxylic acid groups (broad SMARTS) is 1. The molecule has 0 spiro atoms. The van der Waals surface area contributed by atoms with Gasteiger partial charge in [0.15, 0.2) is 0 Å². The molecule has 0 saturated carbocycles. The molecule has 0 bridgehead atoms. The standard InChI is InChI=1S/C15H18BrNO3/c1-9(2)17-13(18)8-7-11(15(19)20)14(17)10-5-3-4-6-12(10)16/h3-6,9,11,14H,7-8H2,1-2H3,(H,19,20). The number of halogens is 1. The molecule has 108 valence electrons. The van der Waals surface area contributed by atoms with Crippen LogP contribution in [0, 0.1) is 5.92 Å². The van der Waals surface area contributed by atoms with E-state index in [0.717, 1.165) is 10.0 Å². The van der Waals surface area contributed by atoms with Crippen molar-refractivity contribution in [2.75, 3.05) is 0 Å². The summed E-state index contributed by atoms with van der Waals surface area (Å²) in [6.45, 7) is 3.85. The van der Waals surface area contributed by atoms with Gasteiger partial charge in [0.25, 0.3) is 0 Å². The molecule has 1 aromatic carbocycles. The Morgan fingerprint density at radius 1 is 1.40 bits per heavy atom. The van der Waals surface area contributed by atoms with Gasteiger partial charge in [0.05, 0.1) is 12.0 Å². The predicted molar refractivity (Wildman–Crippen MR) is 79.2 cm³/mol. The van der Waals surface area contributed by atoms with Gasteiger partial charge in [-0.25, -0.2) is 0 Å². The molecule has 0 radical (unpaired) electrons. The van der Waals surface area contributed by atoms with Crippen molar-refractivity contribution in [2.45, 2.75) is 38.8 Å².